The largest absolute Gasteiger partial charge is 0.386 e. The fourth-order valence-electron chi connectivity index (χ4n) is 4.29. The smallest absolute Gasteiger partial charge is 0.252 e. The zero-order chi connectivity index (χ0) is 22.0. The topological polar surface area (TPSA) is 78.8 Å². The Morgan fingerprint density at radius 3 is 2.84 bits per heavy atom. The normalized spacial score (nSPS) is 21.0. The summed E-state index contributed by atoms with van der Waals surface area (Å²) in [5.41, 5.74) is 0.711. The summed E-state index contributed by atoms with van der Waals surface area (Å²) < 4.78 is 22.4. The number of β-amino-alcohol motifs (C(OH)–C–C–N with tert-alkyl or cyclic N) is 1. The summed E-state index contributed by atoms with van der Waals surface area (Å²) >= 11 is 2.05. The fraction of sp³-hybridized carbons (Fsp3) is 0.500. The summed E-state index contributed by atoms with van der Waals surface area (Å²) in [6.07, 6.45) is 5.03. The van der Waals surface area contributed by atoms with Crippen molar-refractivity contribution in [3.63, 3.8) is 0 Å². The molecule has 0 saturated carbocycles. The summed E-state index contributed by atoms with van der Waals surface area (Å²) in [6, 6.07) is 6.50. The van der Waals surface area contributed by atoms with Crippen molar-refractivity contribution in [2.75, 3.05) is 31.7 Å². The Kier molecular flexibility index (Phi) is 6.97. The average molecular weight is 542 g/mol. The lowest BCUT2D eigenvalue weighted by Gasteiger charge is -2.51. The standard InChI is InChI=1S/C22H28FIN4O3/c1-27-10-15(19(9-21(27)29)26-18-6-5-16(24)8-17(18)23)11-31-14-28-12-22(30,13-28)20-4-2-3-7-25-20/h5-6,8-10,20,25-26,30H,2-4,7,11-14H2,1H3/t20-/m0/s1. The van der Waals surface area contributed by atoms with E-state index in [-0.39, 0.29) is 24.0 Å². The molecule has 0 amide bonds. The third-order valence-corrected chi connectivity index (χ3v) is 6.67. The third-order valence-electron chi connectivity index (χ3n) is 6.00. The molecule has 0 radical (unpaired) electrons. The first-order valence-corrected chi connectivity index (χ1v) is 11.6. The number of benzene rings is 1. The van der Waals surface area contributed by atoms with Crippen molar-refractivity contribution in [3.8, 4) is 0 Å². The van der Waals surface area contributed by atoms with Gasteiger partial charge in [-0.3, -0.25) is 9.69 Å². The van der Waals surface area contributed by atoms with Crippen molar-refractivity contribution >= 4 is 34.0 Å². The minimum absolute atomic E-state index is 0.154. The summed E-state index contributed by atoms with van der Waals surface area (Å²) in [7, 11) is 1.67. The van der Waals surface area contributed by atoms with Crippen LogP contribution in [0.2, 0.25) is 0 Å². The summed E-state index contributed by atoms with van der Waals surface area (Å²) in [6.45, 7) is 2.77. The average Bonchev–Trinajstić information content (AvgIpc) is 2.72. The van der Waals surface area contributed by atoms with E-state index in [1.54, 1.807) is 25.4 Å². The van der Waals surface area contributed by atoms with Crippen LogP contribution in [-0.4, -0.2) is 52.6 Å². The van der Waals surface area contributed by atoms with Gasteiger partial charge in [0.1, 0.15) is 11.4 Å². The van der Waals surface area contributed by atoms with Gasteiger partial charge < -0.3 is 25.0 Å². The van der Waals surface area contributed by atoms with E-state index < -0.39 is 5.60 Å². The Bertz CT molecular complexity index is 987. The number of hydrogen-bond donors (Lipinski definition) is 3. The van der Waals surface area contributed by atoms with Crippen molar-refractivity contribution < 1.29 is 14.2 Å². The Balaban J connectivity index is 1.36. The molecule has 4 rings (SSSR count). The van der Waals surface area contributed by atoms with Gasteiger partial charge in [0, 0.05) is 47.6 Å². The minimum atomic E-state index is -0.685. The number of halogens is 2. The van der Waals surface area contributed by atoms with E-state index in [0.29, 0.717) is 31.2 Å². The van der Waals surface area contributed by atoms with Crippen LogP contribution < -0.4 is 16.2 Å². The van der Waals surface area contributed by atoms with Gasteiger partial charge in [-0.2, -0.15) is 0 Å². The lowest BCUT2D eigenvalue weighted by molar-refractivity contribution is -0.158. The zero-order valence-electron chi connectivity index (χ0n) is 17.5. The first kappa shape index (κ1) is 22.7. The number of aromatic nitrogens is 1. The van der Waals surface area contributed by atoms with Crippen LogP contribution in [-0.2, 0) is 18.4 Å². The van der Waals surface area contributed by atoms with Crippen LogP contribution in [0, 0.1) is 9.39 Å². The Morgan fingerprint density at radius 1 is 1.32 bits per heavy atom. The van der Waals surface area contributed by atoms with Crippen molar-refractivity contribution in [1.82, 2.24) is 14.8 Å². The van der Waals surface area contributed by atoms with E-state index in [1.165, 1.54) is 23.1 Å². The predicted molar refractivity (Wildman–Crippen MR) is 126 cm³/mol. The van der Waals surface area contributed by atoms with Crippen LogP contribution in [0.15, 0.2) is 35.3 Å². The van der Waals surface area contributed by atoms with Gasteiger partial charge in [0.05, 0.1) is 24.7 Å². The second-order valence-electron chi connectivity index (χ2n) is 8.48. The van der Waals surface area contributed by atoms with Crippen LogP contribution in [0.5, 0.6) is 0 Å². The molecule has 0 spiro atoms. The summed E-state index contributed by atoms with van der Waals surface area (Å²) in [5.74, 6) is -0.379. The van der Waals surface area contributed by atoms with E-state index in [2.05, 4.69) is 38.1 Å². The number of pyridine rings is 1. The molecule has 2 aromatic rings. The Hall–Kier alpha value is -1.53. The molecule has 0 bridgehead atoms. The van der Waals surface area contributed by atoms with E-state index in [4.69, 9.17) is 4.74 Å². The quantitative estimate of drug-likeness (QED) is 0.467. The van der Waals surface area contributed by atoms with Gasteiger partial charge >= 0.3 is 0 Å². The maximum absolute atomic E-state index is 14.3. The number of aliphatic hydroxyl groups is 1. The van der Waals surface area contributed by atoms with Crippen LogP contribution in [0.3, 0.4) is 0 Å². The molecule has 1 atom stereocenters. The molecule has 0 unspecified atom stereocenters. The molecule has 9 heteroatoms. The maximum atomic E-state index is 14.3. The zero-order valence-corrected chi connectivity index (χ0v) is 19.7. The molecule has 1 aromatic heterocycles. The number of piperidine rings is 1. The molecule has 3 heterocycles. The van der Waals surface area contributed by atoms with Crippen LogP contribution in [0.4, 0.5) is 15.8 Å². The lowest BCUT2D eigenvalue weighted by atomic mass is 9.82. The van der Waals surface area contributed by atoms with Gasteiger partial charge in [0.2, 0.25) is 0 Å². The molecule has 3 N–H and O–H groups in total. The molecule has 7 nitrogen and oxygen atoms in total. The van der Waals surface area contributed by atoms with Crippen LogP contribution in [0.25, 0.3) is 0 Å². The van der Waals surface area contributed by atoms with E-state index in [0.717, 1.165) is 28.5 Å². The van der Waals surface area contributed by atoms with Gasteiger partial charge in [-0.1, -0.05) is 6.42 Å². The molecular weight excluding hydrogens is 514 g/mol. The van der Waals surface area contributed by atoms with Crippen molar-refractivity contribution in [1.29, 1.82) is 0 Å². The molecular formula is C22H28FIN4O3. The highest BCUT2D eigenvalue weighted by molar-refractivity contribution is 14.1. The highest BCUT2D eigenvalue weighted by Gasteiger charge is 2.47. The second-order valence-corrected chi connectivity index (χ2v) is 9.73. The SMILES string of the molecule is Cn1cc(COCN2CC(O)([C@@H]3CCCCN3)C2)c(Nc2ccc(I)cc2F)cc1=O. The first-order chi connectivity index (χ1) is 14.8. The maximum Gasteiger partial charge on any atom is 0.252 e. The predicted octanol–water partition coefficient (Wildman–Crippen LogP) is 2.54. The molecule has 2 aliphatic rings. The Morgan fingerprint density at radius 2 is 2.13 bits per heavy atom. The van der Waals surface area contributed by atoms with Gasteiger partial charge in [-0.05, 0) is 60.2 Å². The number of nitrogens with one attached hydrogen (secondary N) is 2. The number of nitrogens with zero attached hydrogens (tertiary/aromatic N) is 2. The van der Waals surface area contributed by atoms with Gasteiger partial charge in [-0.15, -0.1) is 0 Å². The van der Waals surface area contributed by atoms with E-state index >= 15 is 0 Å². The van der Waals surface area contributed by atoms with Crippen LogP contribution >= 0.6 is 22.6 Å². The minimum Gasteiger partial charge on any atom is -0.386 e. The first-order valence-electron chi connectivity index (χ1n) is 10.5. The molecule has 2 aliphatic heterocycles. The molecule has 0 aliphatic carbocycles. The molecule has 168 valence electrons. The van der Waals surface area contributed by atoms with Gasteiger partial charge in [0.25, 0.3) is 5.56 Å². The highest BCUT2D eigenvalue weighted by atomic mass is 127. The number of anilines is 2. The number of ether oxygens (including phenoxy) is 1. The number of rotatable bonds is 7. The van der Waals surface area contributed by atoms with Gasteiger partial charge in [-0.25, -0.2) is 4.39 Å². The molecule has 31 heavy (non-hydrogen) atoms. The Labute approximate surface area is 194 Å². The number of likely N-dealkylation sites (tertiary alicyclic amines) is 1. The second kappa shape index (κ2) is 9.53. The lowest BCUT2D eigenvalue weighted by Crippen LogP contribution is -2.71. The number of aryl methyl sites for hydroxylation is 1. The summed E-state index contributed by atoms with van der Waals surface area (Å²) in [4.78, 5) is 14.2. The fourth-order valence-corrected chi connectivity index (χ4v) is 4.74. The molecule has 1 aromatic carbocycles. The third kappa shape index (κ3) is 5.28. The monoisotopic (exact) mass is 542 g/mol. The number of hydrogen-bond acceptors (Lipinski definition) is 6. The highest BCUT2D eigenvalue weighted by Crippen LogP contribution is 2.29. The van der Waals surface area contributed by atoms with Crippen molar-refractivity contribution in [2.45, 2.75) is 37.5 Å². The van der Waals surface area contributed by atoms with E-state index in [1.807, 2.05) is 0 Å². The van der Waals surface area contributed by atoms with E-state index in [9.17, 15) is 14.3 Å². The molecule has 2 saturated heterocycles. The van der Waals surface area contributed by atoms with Crippen molar-refractivity contribution in [3.05, 3.63) is 55.8 Å². The van der Waals surface area contributed by atoms with Crippen LogP contribution in [0.1, 0.15) is 24.8 Å². The molecule has 2 fully saturated rings. The van der Waals surface area contributed by atoms with Gasteiger partial charge in [0.15, 0.2) is 0 Å². The van der Waals surface area contributed by atoms with Crippen molar-refractivity contribution in [2.24, 2.45) is 7.05 Å². The summed E-state index contributed by atoms with van der Waals surface area (Å²) in [5, 5.41) is 17.2.